The molecule has 1 aromatic carbocycles. The van der Waals surface area contributed by atoms with Crippen molar-refractivity contribution in [2.75, 3.05) is 0 Å². The number of ether oxygens (including phenoxy) is 3. The van der Waals surface area contributed by atoms with Gasteiger partial charge in [-0.3, -0.25) is 4.79 Å². The molecule has 2 rings (SSSR count). The van der Waals surface area contributed by atoms with Crippen molar-refractivity contribution in [3.8, 4) is 0 Å². The number of rotatable bonds is 4. The van der Waals surface area contributed by atoms with Gasteiger partial charge in [-0.2, -0.15) is 0 Å². The summed E-state index contributed by atoms with van der Waals surface area (Å²) in [6.45, 7) is 3.75. The SMILES string of the molecule is C.CC(=O)OC1C=COC(C)C1OCc1ccccc1. The molecule has 1 aliphatic rings. The van der Waals surface area contributed by atoms with E-state index < -0.39 is 6.10 Å². The van der Waals surface area contributed by atoms with Crippen LogP contribution in [0.15, 0.2) is 42.7 Å². The van der Waals surface area contributed by atoms with Crippen LogP contribution in [0, 0.1) is 0 Å². The minimum absolute atomic E-state index is 0. The molecule has 0 saturated carbocycles. The highest BCUT2D eigenvalue weighted by atomic mass is 16.6. The molecule has 110 valence electrons. The van der Waals surface area contributed by atoms with Gasteiger partial charge in [0.2, 0.25) is 0 Å². The fourth-order valence-corrected chi connectivity index (χ4v) is 2.00. The molecule has 0 fully saturated rings. The lowest BCUT2D eigenvalue weighted by Crippen LogP contribution is -2.42. The Morgan fingerprint density at radius 1 is 1.30 bits per heavy atom. The monoisotopic (exact) mass is 278 g/mol. The third-order valence-electron chi connectivity index (χ3n) is 2.94. The van der Waals surface area contributed by atoms with E-state index in [0.717, 1.165) is 5.56 Å². The van der Waals surface area contributed by atoms with Crippen LogP contribution < -0.4 is 0 Å². The molecule has 0 saturated heterocycles. The first-order valence-electron chi connectivity index (χ1n) is 6.31. The highest BCUT2D eigenvalue weighted by Crippen LogP contribution is 2.20. The average molecular weight is 278 g/mol. The second-order valence-electron chi connectivity index (χ2n) is 4.51. The fraction of sp³-hybridized carbons (Fsp3) is 0.438. The number of esters is 1. The van der Waals surface area contributed by atoms with Crippen LogP contribution in [-0.2, 0) is 25.6 Å². The van der Waals surface area contributed by atoms with E-state index in [2.05, 4.69) is 0 Å². The van der Waals surface area contributed by atoms with Gasteiger partial charge in [-0.05, 0) is 18.6 Å². The smallest absolute Gasteiger partial charge is 0.303 e. The van der Waals surface area contributed by atoms with Crippen LogP contribution >= 0.6 is 0 Å². The molecule has 1 heterocycles. The van der Waals surface area contributed by atoms with Crippen molar-refractivity contribution >= 4 is 5.97 Å². The number of hydrogen-bond acceptors (Lipinski definition) is 4. The van der Waals surface area contributed by atoms with Crippen molar-refractivity contribution in [2.24, 2.45) is 0 Å². The molecule has 1 aliphatic heterocycles. The summed E-state index contributed by atoms with van der Waals surface area (Å²) in [6, 6.07) is 9.86. The molecule has 1 aromatic rings. The largest absolute Gasteiger partial charge is 0.496 e. The molecular formula is C16H22O4. The van der Waals surface area contributed by atoms with Crippen molar-refractivity contribution in [2.45, 2.75) is 46.2 Å². The van der Waals surface area contributed by atoms with E-state index in [9.17, 15) is 4.79 Å². The zero-order chi connectivity index (χ0) is 13.7. The molecule has 0 radical (unpaired) electrons. The zero-order valence-corrected chi connectivity index (χ0v) is 11.1. The molecule has 0 amide bonds. The minimum atomic E-state index is -0.398. The molecule has 3 atom stereocenters. The number of hydrogen-bond donors (Lipinski definition) is 0. The third kappa shape index (κ3) is 4.38. The van der Waals surface area contributed by atoms with Crippen molar-refractivity contribution in [1.82, 2.24) is 0 Å². The summed E-state index contributed by atoms with van der Waals surface area (Å²) in [6.07, 6.45) is 2.41. The predicted octanol–water partition coefficient (Wildman–Crippen LogP) is 3.07. The van der Waals surface area contributed by atoms with Gasteiger partial charge < -0.3 is 14.2 Å². The van der Waals surface area contributed by atoms with Crippen LogP contribution in [0.4, 0.5) is 0 Å². The van der Waals surface area contributed by atoms with Crippen molar-refractivity contribution < 1.29 is 19.0 Å². The third-order valence-corrected chi connectivity index (χ3v) is 2.94. The van der Waals surface area contributed by atoms with Gasteiger partial charge in [0.15, 0.2) is 6.10 Å². The molecule has 4 heteroatoms. The first-order chi connectivity index (χ1) is 9.16. The van der Waals surface area contributed by atoms with Gasteiger partial charge in [-0.1, -0.05) is 37.8 Å². The number of carbonyl (C=O) groups is 1. The van der Waals surface area contributed by atoms with Gasteiger partial charge in [-0.15, -0.1) is 0 Å². The standard InChI is InChI=1S/C15H18O4.CH4/c1-11-15(14(8-9-17-11)19-12(2)16)18-10-13-6-4-3-5-7-13;/h3-9,11,14-15H,10H2,1-2H3;1H4. The van der Waals surface area contributed by atoms with Gasteiger partial charge in [0.25, 0.3) is 0 Å². The number of carbonyl (C=O) groups excluding carboxylic acids is 1. The minimum Gasteiger partial charge on any atom is -0.496 e. The van der Waals surface area contributed by atoms with Crippen molar-refractivity contribution in [3.63, 3.8) is 0 Å². The summed E-state index contributed by atoms with van der Waals surface area (Å²) in [5, 5.41) is 0. The van der Waals surface area contributed by atoms with E-state index in [4.69, 9.17) is 14.2 Å². The van der Waals surface area contributed by atoms with Gasteiger partial charge >= 0.3 is 5.97 Å². The van der Waals surface area contributed by atoms with Crippen molar-refractivity contribution in [3.05, 3.63) is 48.2 Å². The highest BCUT2D eigenvalue weighted by Gasteiger charge is 2.32. The van der Waals surface area contributed by atoms with Gasteiger partial charge in [0.05, 0.1) is 12.9 Å². The van der Waals surface area contributed by atoms with E-state index in [1.807, 2.05) is 37.3 Å². The second kappa shape index (κ2) is 7.70. The summed E-state index contributed by atoms with van der Waals surface area (Å²) in [5.41, 5.74) is 1.07. The normalized spacial score (nSPS) is 24.4. The molecule has 0 spiro atoms. The molecule has 0 aliphatic carbocycles. The Balaban J connectivity index is 0.00000200. The lowest BCUT2D eigenvalue weighted by Gasteiger charge is -2.32. The number of benzene rings is 1. The Hall–Kier alpha value is -1.81. The van der Waals surface area contributed by atoms with Crippen LogP contribution in [0.2, 0.25) is 0 Å². The second-order valence-corrected chi connectivity index (χ2v) is 4.51. The summed E-state index contributed by atoms with van der Waals surface area (Å²) < 4.78 is 16.5. The van der Waals surface area contributed by atoms with E-state index in [0.29, 0.717) is 6.61 Å². The molecule has 0 bridgehead atoms. The first kappa shape index (κ1) is 16.2. The lowest BCUT2D eigenvalue weighted by molar-refractivity contribution is -0.161. The van der Waals surface area contributed by atoms with Crippen LogP contribution in [0.3, 0.4) is 0 Å². The van der Waals surface area contributed by atoms with Crippen LogP contribution in [0.25, 0.3) is 0 Å². The van der Waals surface area contributed by atoms with E-state index >= 15 is 0 Å². The van der Waals surface area contributed by atoms with Gasteiger partial charge in [0, 0.05) is 6.92 Å². The zero-order valence-electron chi connectivity index (χ0n) is 11.1. The Labute approximate surface area is 120 Å². The van der Waals surface area contributed by atoms with Crippen LogP contribution in [-0.4, -0.2) is 24.3 Å². The molecule has 3 unspecified atom stereocenters. The molecular weight excluding hydrogens is 256 g/mol. The Bertz CT molecular complexity index is 441. The maximum atomic E-state index is 11.1. The highest BCUT2D eigenvalue weighted by molar-refractivity contribution is 5.66. The van der Waals surface area contributed by atoms with E-state index in [-0.39, 0.29) is 25.6 Å². The summed E-state index contributed by atoms with van der Waals surface area (Å²) >= 11 is 0. The average Bonchev–Trinajstić information content (AvgIpc) is 2.38. The van der Waals surface area contributed by atoms with Crippen LogP contribution in [0.5, 0.6) is 0 Å². The molecule has 0 aromatic heterocycles. The van der Waals surface area contributed by atoms with E-state index in [1.165, 1.54) is 6.92 Å². The summed E-state index contributed by atoms with van der Waals surface area (Å²) in [4.78, 5) is 11.1. The lowest BCUT2D eigenvalue weighted by atomic mass is 10.1. The van der Waals surface area contributed by atoms with Crippen LogP contribution in [0.1, 0.15) is 26.8 Å². The van der Waals surface area contributed by atoms with E-state index in [1.54, 1.807) is 12.3 Å². The fourth-order valence-electron chi connectivity index (χ4n) is 2.00. The Kier molecular flexibility index (Phi) is 6.25. The van der Waals surface area contributed by atoms with Gasteiger partial charge in [0.1, 0.15) is 12.2 Å². The Morgan fingerprint density at radius 2 is 2.00 bits per heavy atom. The first-order valence-corrected chi connectivity index (χ1v) is 6.31. The topological polar surface area (TPSA) is 44.8 Å². The van der Waals surface area contributed by atoms with Gasteiger partial charge in [-0.25, -0.2) is 0 Å². The predicted molar refractivity (Wildman–Crippen MR) is 77.0 cm³/mol. The molecule has 0 N–H and O–H groups in total. The quantitative estimate of drug-likeness (QED) is 0.794. The molecule has 4 nitrogen and oxygen atoms in total. The maximum absolute atomic E-state index is 11.1. The Morgan fingerprint density at radius 3 is 2.65 bits per heavy atom. The maximum Gasteiger partial charge on any atom is 0.303 e. The summed E-state index contributed by atoms with van der Waals surface area (Å²) in [5.74, 6) is -0.322. The molecule has 20 heavy (non-hydrogen) atoms. The summed E-state index contributed by atoms with van der Waals surface area (Å²) in [7, 11) is 0. The van der Waals surface area contributed by atoms with Crippen molar-refractivity contribution in [1.29, 1.82) is 0 Å².